The summed E-state index contributed by atoms with van der Waals surface area (Å²) in [4.78, 5) is 16.7. The number of fused-ring (bicyclic) bond motifs is 1. The van der Waals surface area contributed by atoms with E-state index in [0.29, 0.717) is 17.3 Å². The van der Waals surface area contributed by atoms with Gasteiger partial charge in [0.15, 0.2) is 5.65 Å². The zero-order valence-electron chi connectivity index (χ0n) is 17.1. The molecule has 1 N–H and O–H groups in total. The molecule has 4 aromatic rings. The molecule has 0 saturated carbocycles. The van der Waals surface area contributed by atoms with Crippen LogP contribution in [0.4, 0.5) is 18.9 Å². The minimum atomic E-state index is -4.55. The predicted molar refractivity (Wildman–Crippen MR) is 113 cm³/mol. The van der Waals surface area contributed by atoms with Crippen LogP contribution in [0.5, 0.6) is 0 Å². The van der Waals surface area contributed by atoms with Crippen molar-refractivity contribution in [2.75, 3.05) is 5.32 Å². The Balaban J connectivity index is 1.51. The lowest BCUT2D eigenvalue weighted by atomic mass is 10.1. The number of benzene rings is 1. The molecule has 1 amide bonds. The molecule has 0 aliphatic heterocycles. The van der Waals surface area contributed by atoms with Crippen LogP contribution < -0.4 is 5.32 Å². The van der Waals surface area contributed by atoms with Gasteiger partial charge in [-0.3, -0.25) is 9.48 Å². The number of carbonyl (C=O) groups is 1. The van der Waals surface area contributed by atoms with Gasteiger partial charge in [-0.05, 0) is 37.6 Å². The Bertz CT molecular complexity index is 1290. The van der Waals surface area contributed by atoms with Gasteiger partial charge in [0.05, 0.1) is 35.1 Å². The summed E-state index contributed by atoms with van der Waals surface area (Å²) >= 11 is 5.88. The lowest BCUT2D eigenvalue weighted by molar-refractivity contribution is -0.136. The second-order valence-corrected chi connectivity index (χ2v) is 7.79. The Morgan fingerprint density at radius 2 is 1.91 bits per heavy atom. The van der Waals surface area contributed by atoms with Gasteiger partial charge in [-0.2, -0.15) is 23.4 Å². The number of aryl methyl sites for hydroxylation is 2. The monoisotopic (exact) mass is 462 g/mol. The van der Waals surface area contributed by atoms with E-state index < -0.39 is 17.6 Å². The van der Waals surface area contributed by atoms with Gasteiger partial charge in [-0.1, -0.05) is 23.7 Å². The first-order valence-corrected chi connectivity index (χ1v) is 9.96. The highest BCUT2D eigenvalue weighted by atomic mass is 35.5. The van der Waals surface area contributed by atoms with Crippen LogP contribution in [-0.2, 0) is 24.1 Å². The maximum Gasteiger partial charge on any atom is 0.417 e. The SMILES string of the molecule is Cc1cc(C(F)(F)F)c2c(C)nn(CC(=O)Nc3cnn(Cc4ccc(Cl)cc4)c3)c2n1. The van der Waals surface area contributed by atoms with Gasteiger partial charge < -0.3 is 5.32 Å². The van der Waals surface area contributed by atoms with E-state index in [0.717, 1.165) is 11.6 Å². The molecule has 0 spiro atoms. The molecule has 3 heterocycles. The van der Waals surface area contributed by atoms with Crippen molar-refractivity contribution in [2.45, 2.75) is 33.1 Å². The van der Waals surface area contributed by atoms with Gasteiger partial charge in [-0.15, -0.1) is 0 Å². The minimum absolute atomic E-state index is 0.0170. The van der Waals surface area contributed by atoms with Crippen molar-refractivity contribution in [1.82, 2.24) is 24.5 Å². The summed E-state index contributed by atoms with van der Waals surface area (Å²) in [5, 5.41) is 11.5. The van der Waals surface area contributed by atoms with Crippen molar-refractivity contribution < 1.29 is 18.0 Å². The van der Waals surface area contributed by atoms with Gasteiger partial charge in [0.1, 0.15) is 6.54 Å². The number of hydrogen-bond acceptors (Lipinski definition) is 4. The third kappa shape index (κ3) is 4.59. The number of amides is 1. The van der Waals surface area contributed by atoms with Gasteiger partial charge in [0.2, 0.25) is 5.91 Å². The summed E-state index contributed by atoms with van der Waals surface area (Å²) in [6.07, 6.45) is -1.40. The van der Waals surface area contributed by atoms with E-state index in [1.807, 2.05) is 12.1 Å². The van der Waals surface area contributed by atoms with Gasteiger partial charge in [0, 0.05) is 16.9 Å². The lowest BCUT2D eigenvalue weighted by Crippen LogP contribution is -2.19. The fraction of sp³-hybridized carbons (Fsp3) is 0.238. The van der Waals surface area contributed by atoms with E-state index in [9.17, 15) is 18.0 Å². The summed E-state index contributed by atoms with van der Waals surface area (Å²) in [6, 6.07) is 8.28. The molecule has 0 unspecified atom stereocenters. The van der Waals surface area contributed by atoms with Crippen LogP contribution in [0.1, 0.15) is 22.5 Å². The van der Waals surface area contributed by atoms with Crippen molar-refractivity contribution in [3.63, 3.8) is 0 Å². The van der Waals surface area contributed by atoms with E-state index in [1.54, 1.807) is 23.0 Å². The number of halogens is 4. The van der Waals surface area contributed by atoms with Gasteiger partial charge in [0.25, 0.3) is 0 Å². The summed E-state index contributed by atoms with van der Waals surface area (Å²) in [5.41, 5.74) is 0.988. The summed E-state index contributed by atoms with van der Waals surface area (Å²) in [6.45, 7) is 3.13. The van der Waals surface area contributed by atoms with Crippen LogP contribution in [0.3, 0.4) is 0 Å². The molecule has 4 rings (SSSR count). The van der Waals surface area contributed by atoms with E-state index >= 15 is 0 Å². The van der Waals surface area contributed by atoms with Crippen LogP contribution in [0.2, 0.25) is 5.02 Å². The number of hydrogen-bond donors (Lipinski definition) is 1. The first kappa shape index (κ1) is 21.8. The van der Waals surface area contributed by atoms with Crippen molar-refractivity contribution in [3.05, 3.63) is 70.3 Å². The van der Waals surface area contributed by atoms with E-state index in [4.69, 9.17) is 11.6 Å². The summed E-state index contributed by atoms with van der Waals surface area (Å²) in [5.74, 6) is -0.461. The largest absolute Gasteiger partial charge is 0.417 e. The molecule has 0 fully saturated rings. The van der Waals surface area contributed by atoms with Crippen LogP contribution in [-0.4, -0.2) is 30.5 Å². The van der Waals surface area contributed by atoms with Gasteiger partial charge >= 0.3 is 6.18 Å². The Kier molecular flexibility index (Phi) is 5.64. The number of rotatable bonds is 5. The molecule has 32 heavy (non-hydrogen) atoms. The Hall–Kier alpha value is -3.40. The molecule has 0 saturated heterocycles. The van der Waals surface area contributed by atoms with Gasteiger partial charge in [-0.25, -0.2) is 9.67 Å². The van der Waals surface area contributed by atoms with Crippen molar-refractivity contribution in [3.8, 4) is 0 Å². The predicted octanol–water partition coefficient (Wildman–Crippen LogP) is 4.60. The van der Waals surface area contributed by atoms with Crippen LogP contribution >= 0.6 is 11.6 Å². The molecule has 3 aromatic heterocycles. The maximum absolute atomic E-state index is 13.5. The van der Waals surface area contributed by atoms with Crippen LogP contribution in [0.25, 0.3) is 11.0 Å². The standard InChI is InChI=1S/C21H18ClF3N6O/c1-12-7-17(21(23,24)25)19-13(2)29-31(20(19)27-12)11-18(32)28-16-8-26-30(10-16)9-14-3-5-15(22)6-4-14/h3-8,10H,9,11H2,1-2H3,(H,28,32). The molecular weight excluding hydrogens is 445 g/mol. The van der Waals surface area contributed by atoms with E-state index in [1.165, 1.54) is 24.7 Å². The number of aromatic nitrogens is 5. The normalized spacial score (nSPS) is 11.8. The Morgan fingerprint density at radius 3 is 2.59 bits per heavy atom. The van der Waals surface area contributed by atoms with Crippen LogP contribution in [0, 0.1) is 13.8 Å². The van der Waals surface area contributed by atoms with Crippen molar-refractivity contribution in [1.29, 1.82) is 0 Å². The summed E-state index contributed by atoms with van der Waals surface area (Å²) < 4.78 is 43.2. The fourth-order valence-electron chi connectivity index (χ4n) is 3.44. The fourth-order valence-corrected chi connectivity index (χ4v) is 3.57. The Morgan fingerprint density at radius 1 is 1.19 bits per heavy atom. The molecule has 0 bridgehead atoms. The molecular formula is C21H18ClF3N6O. The highest BCUT2D eigenvalue weighted by Crippen LogP contribution is 2.36. The van der Waals surface area contributed by atoms with E-state index in [-0.39, 0.29) is 29.0 Å². The third-order valence-corrected chi connectivity index (χ3v) is 5.03. The first-order valence-electron chi connectivity index (χ1n) is 9.59. The van der Waals surface area contributed by atoms with E-state index in [2.05, 4.69) is 20.5 Å². The number of carbonyl (C=O) groups excluding carboxylic acids is 1. The molecule has 0 aliphatic carbocycles. The second-order valence-electron chi connectivity index (χ2n) is 7.35. The third-order valence-electron chi connectivity index (χ3n) is 4.78. The second kappa shape index (κ2) is 8.27. The topological polar surface area (TPSA) is 77.6 Å². The minimum Gasteiger partial charge on any atom is -0.322 e. The first-order chi connectivity index (χ1) is 15.1. The molecule has 0 radical (unpaired) electrons. The zero-order chi connectivity index (χ0) is 23.0. The number of nitrogens with one attached hydrogen (secondary N) is 1. The number of anilines is 1. The molecule has 0 atom stereocenters. The molecule has 166 valence electrons. The highest BCUT2D eigenvalue weighted by Gasteiger charge is 2.35. The number of alkyl halides is 3. The average molecular weight is 463 g/mol. The smallest absolute Gasteiger partial charge is 0.322 e. The van der Waals surface area contributed by atoms with Crippen molar-refractivity contribution in [2.24, 2.45) is 0 Å². The zero-order valence-corrected chi connectivity index (χ0v) is 17.9. The molecule has 7 nitrogen and oxygen atoms in total. The van der Waals surface area contributed by atoms with Crippen LogP contribution in [0.15, 0.2) is 42.7 Å². The maximum atomic E-state index is 13.5. The highest BCUT2D eigenvalue weighted by molar-refractivity contribution is 6.30. The van der Waals surface area contributed by atoms with Crippen molar-refractivity contribution >= 4 is 34.2 Å². The lowest BCUT2D eigenvalue weighted by Gasteiger charge is -2.10. The average Bonchev–Trinajstić information content (AvgIpc) is 3.26. The summed E-state index contributed by atoms with van der Waals surface area (Å²) in [7, 11) is 0. The quantitative estimate of drug-likeness (QED) is 0.470. The molecule has 1 aromatic carbocycles. The molecule has 0 aliphatic rings. The number of nitrogens with zero attached hydrogens (tertiary/aromatic N) is 5. The Labute approximate surface area is 185 Å². The number of pyridine rings is 1. The molecule has 11 heteroatoms.